The minimum Gasteiger partial charge on any atom is -0.341 e. The van der Waals surface area contributed by atoms with Gasteiger partial charge in [0, 0.05) is 50.1 Å². The second-order valence-electron chi connectivity index (χ2n) is 11.4. The van der Waals surface area contributed by atoms with Crippen molar-refractivity contribution >= 4 is 11.8 Å². The van der Waals surface area contributed by atoms with Crippen molar-refractivity contribution in [2.24, 2.45) is 16.7 Å². The molecule has 6 rings (SSSR count). The average Bonchev–Trinajstić information content (AvgIpc) is 3.32. The van der Waals surface area contributed by atoms with Crippen LogP contribution in [0.15, 0.2) is 47.2 Å². The number of hydrogen-bond acceptors (Lipinski definition) is 6. The second kappa shape index (κ2) is 8.28. The smallest absolute Gasteiger partial charge is 0.257 e. The maximum absolute atomic E-state index is 13.5. The minimum atomic E-state index is -0.251. The molecule has 2 saturated heterocycles. The van der Waals surface area contributed by atoms with Crippen molar-refractivity contribution in [2.45, 2.75) is 46.1 Å². The van der Waals surface area contributed by atoms with Crippen LogP contribution in [0.2, 0.25) is 0 Å². The quantitative estimate of drug-likeness (QED) is 0.529. The summed E-state index contributed by atoms with van der Waals surface area (Å²) in [7, 11) is 0. The van der Waals surface area contributed by atoms with Gasteiger partial charge in [0.2, 0.25) is 11.8 Å². The Hall–Kier alpha value is -3.49. The van der Waals surface area contributed by atoms with Crippen molar-refractivity contribution in [1.29, 1.82) is 0 Å². The molecule has 2 unspecified atom stereocenters. The number of benzene rings is 1. The van der Waals surface area contributed by atoms with E-state index in [4.69, 9.17) is 4.52 Å². The number of amides is 2. The van der Waals surface area contributed by atoms with Gasteiger partial charge >= 0.3 is 0 Å². The van der Waals surface area contributed by atoms with Crippen molar-refractivity contribution in [3.63, 3.8) is 0 Å². The maximum atomic E-state index is 13.5. The molecule has 9 heteroatoms. The van der Waals surface area contributed by atoms with Gasteiger partial charge in [-0.1, -0.05) is 56.3 Å². The van der Waals surface area contributed by atoms with Crippen LogP contribution in [0.25, 0.3) is 0 Å². The van der Waals surface area contributed by atoms with Gasteiger partial charge in [-0.05, 0) is 17.4 Å². The first kappa shape index (κ1) is 22.9. The molecule has 188 valence electrons. The summed E-state index contributed by atoms with van der Waals surface area (Å²) in [6.45, 7) is 9.19. The van der Waals surface area contributed by atoms with Crippen LogP contribution < -0.4 is 0 Å². The third-order valence-electron chi connectivity index (χ3n) is 8.24. The molecule has 2 amide bonds. The molecule has 3 aliphatic rings. The Balaban J connectivity index is 1.20. The van der Waals surface area contributed by atoms with Crippen LogP contribution in [0, 0.1) is 16.7 Å². The predicted molar refractivity (Wildman–Crippen MR) is 131 cm³/mol. The van der Waals surface area contributed by atoms with Gasteiger partial charge in [0.15, 0.2) is 5.82 Å². The van der Waals surface area contributed by atoms with Crippen LogP contribution in [-0.4, -0.2) is 67.7 Å². The molecule has 36 heavy (non-hydrogen) atoms. The predicted octanol–water partition coefficient (Wildman–Crippen LogP) is 2.99. The lowest BCUT2D eigenvalue weighted by atomic mass is 9.71. The van der Waals surface area contributed by atoms with E-state index in [-0.39, 0.29) is 34.5 Å². The molecule has 4 heterocycles. The number of carbonyl (C=O) groups is 2. The summed E-state index contributed by atoms with van der Waals surface area (Å²) in [4.78, 5) is 35.0. The molecule has 3 fully saturated rings. The standard InChI is InChI=1S/C27H32N6O3/c1-4-22-29-23(30-36-22)21-14-31(15-27(21)16-32(17-27)25(35)20-10-26(20,2)3)24(34)19-11-28-33(13-19)12-18-8-6-5-7-9-18/h5-9,11,13,20-21H,4,10,12,14-17H2,1-3H3. The molecule has 2 atom stereocenters. The van der Waals surface area contributed by atoms with Gasteiger partial charge in [-0.3, -0.25) is 14.3 Å². The van der Waals surface area contributed by atoms with Crippen molar-refractivity contribution < 1.29 is 14.1 Å². The lowest BCUT2D eigenvalue weighted by Crippen LogP contribution is -2.62. The molecule has 1 saturated carbocycles. The van der Waals surface area contributed by atoms with E-state index in [9.17, 15) is 9.59 Å². The minimum absolute atomic E-state index is 0.0523. The zero-order valence-electron chi connectivity index (χ0n) is 21.1. The first-order chi connectivity index (χ1) is 17.3. The fourth-order valence-corrected chi connectivity index (χ4v) is 5.85. The van der Waals surface area contributed by atoms with Crippen LogP contribution in [0.4, 0.5) is 0 Å². The molecule has 1 aromatic carbocycles. The first-order valence-electron chi connectivity index (χ1n) is 12.7. The number of aryl methyl sites for hydroxylation is 1. The normalized spacial score (nSPS) is 23.6. The van der Waals surface area contributed by atoms with E-state index in [0.717, 1.165) is 12.0 Å². The number of rotatable bonds is 6. The summed E-state index contributed by atoms with van der Waals surface area (Å²) >= 11 is 0. The highest BCUT2D eigenvalue weighted by molar-refractivity contribution is 5.94. The Morgan fingerprint density at radius 3 is 2.50 bits per heavy atom. The summed E-state index contributed by atoms with van der Waals surface area (Å²) in [5.41, 5.74) is 1.54. The van der Waals surface area contributed by atoms with Crippen LogP contribution in [0.3, 0.4) is 0 Å². The van der Waals surface area contributed by atoms with E-state index in [0.29, 0.717) is 56.4 Å². The van der Waals surface area contributed by atoms with Gasteiger partial charge in [0.05, 0.1) is 24.2 Å². The molecule has 1 aliphatic carbocycles. The number of hydrogen-bond donors (Lipinski definition) is 0. The van der Waals surface area contributed by atoms with Gasteiger partial charge in [0.25, 0.3) is 5.91 Å². The Bertz CT molecular complexity index is 1290. The maximum Gasteiger partial charge on any atom is 0.257 e. The molecular formula is C27H32N6O3. The van der Waals surface area contributed by atoms with Crippen molar-refractivity contribution in [1.82, 2.24) is 29.7 Å². The van der Waals surface area contributed by atoms with Crippen molar-refractivity contribution in [3.05, 3.63) is 65.6 Å². The lowest BCUT2D eigenvalue weighted by Gasteiger charge is -2.50. The van der Waals surface area contributed by atoms with E-state index >= 15 is 0 Å². The molecule has 3 aromatic rings. The van der Waals surface area contributed by atoms with Crippen LogP contribution in [-0.2, 0) is 17.8 Å². The summed E-state index contributed by atoms with van der Waals surface area (Å²) in [5.74, 6) is 1.46. The van der Waals surface area contributed by atoms with E-state index < -0.39 is 0 Å². The first-order valence-corrected chi connectivity index (χ1v) is 12.7. The van der Waals surface area contributed by atoms with Crippen molar-refractivity contribution in [2.75, 3.05) is 26.2 Å². The zero-order chi connectivity index (χ0) is 25.1. The summed E-state index contributed by atoms with van der Waals surface area (Å²) in [6, 6.07) is 10.1. The van der Waals surface area contributed by atoms with Crippen LogP contribution in [0.1, 0.15) is 60.7 Å². The molecule has 9 nitrogen and oxygen atoms in total. The van der Waals surface area contributed by atoms with E-state index in [1.54, 1.807) is 10.9 Å². The Kier molecular flexibility index (Phi) is 5.28. The highest BCUT2D eigenvalue weighted by atomic mass is 16.5. The third kappa shape index (κ3) is 3.90. The third-order valence-corrected chi connectivity index (χ3v) is 8.24. The summed E-state index contributed by atoms with van der Waals surface area (Å²) < 4.78 is 7.21. The van der Waals surface area contributed by atoms with Gasteiger partial charge in [-0.15, -0.1) is 0 Å². The largest absolute Gasteiger partial charge is 0.341 e. The Morgan fingerprint density at radius 2 is 1.83 bits per heavy atom. The molecule has 2 aromatic heterocycles. The van der Waals surface area contributed by atoms with Crippen LogP contribution >= 0.6 is 0 Å². The molecule has 0 bridgehead atoms. The van der Waals surface area contributed by atoms with Gasteiger partial charge in [0.1, 0.15) is 0 Å². The van der Waals surface area contributed by atoms with E-state index in [1.165, 1.54) is 0 Å². The fourth-order valence-electron chi connectivity index (χ4n) is 5.85. The monoisotopic (exact) mass is 488 g/mol. The number of carbonyl (C=O) groups excluding carboxylic acids is 2. The highest BCUT2D eigenvalue weighted by Gasteiger charge is 2.61. The Morgan fingerprint density at radius 1 is 1.11 bits per heavy atom. The highest BCUT2D eigenvalue weighted by Crippen LogP contribution is 2.55. The van der Waals surface area contributed by atoms with E-state index in [2.05, 4.69) is 29.1 Å². The molecule has 1 spiro atoms. The number of nitrogens with zero attached hydrogens (tertiary/aromatic N) is 6. The second-order valence-corrected chi connectivity index (χ2v) is 11.4. The van der Waals surface area contributed by atoms with E-state index in [1.807, 2.05) is 53.3 Å². The SMILES string of the molecule is CCc1nc(C2CN(C(=O)c3cnn(Cc4ccccc4)c3)CC23CN(C(=O)C2CC2(C)C)C3)no1. The fraction of sp³-hybridized carbons (Fsp3) is 0.519. The van der Waals surface area contributed by atoms with Crippen molar-refractivity contribution in [3.8, 4) is 0 Å². The van der Waals surface area contributed by atoms with Crippen LogP contribution in [0.5, 0.6) is 0 Å². The van der Waals surface area contributed by atoms with Gasteiger partial charge < -0.3 is 14.3 Å². The average molecular weight is 489 g/mol. The molecule has 2 aliphatic heterocycles. The molecule has 0 N–H and O–H groups in total. The number of likely N-dealkylation sites (tertiary alicyclic amines) is 2. The van der Waals surface area contributed by atoms with Gasteiger partial charge in [-0.25, -0.2) is 0 Å². The molecule has 0 radical (unpaired) electrons. The van der Waals surface area contributed by atoms with Gasteiger partial charge in [-0.2, -0.15) is 10.1 Å². The summed E-state index contributed by atoms with van der Waals surface area (Å²) in [6.07, 6.45) is 5.06. The topological polar surface area (TPSA) is 97.4 Å². The summed E-state index contributed by atoms with van der Waals surface area (Å²) in [5, 5.41) is 8.68. The zero-order valence-corrected chi connectivity index (χ0v) is 21.1. The Labute approximate surface area is 210 Å². The number of aromatic nitrogens is 4. The molecular weight excluding hydrogens is 456 g/mol. The lowest BCUT2D eigenvalue weighted by molar-refractivity contribution is -0.145.